The third kappa shape index (κ3) is 1.92. The van der Waals surface area contributed by atoms with Crippen molar-refractivity contribution < 1.29 is 0 Å². The van der Waals surface area contributed by atoms with Crippen LogP contribution >= 0.6 is 0 Å². The Balaban J connectivity index is 2.89. The predicted octanol–water partition coefficient (Wildman–Crippen LogP) is 1.96. The predicted molar refractivity (Wildman–Crippen MR) is 48.3 cm³/mol. The Morgan fingerprint density at radius 3 is 1.90 bits per heavy atom. The van der Waals surface area contributed by atoms with Crippen molar-refractivity contribution in [3.63, 3.8) is 0 Å². The van der Waals surface area contributed by atoms with E-state index in [-0.39, 0.29) is 0 Å². The van der Waals surface area contributed by atoms with Gasteiger partial charge in [-0.2, -0.15) is 0 Å². The van der Waals surface area contributed by atoms with Gasteiger partial charge in [0.2, 0.25) is 0 Å². The molecule has 0 aromatic heterocycles. The summed E-state index contributed by atoms with van der Waals surface area (Å²) in [5, 5.41) is 0. The summed E-state index contributed by atoms with van der Waals surface area (Å²) in [6, 6.07) is 8.97. The van der Waals surface area contributed by atoms with Gasteiger partial charge in [-0.05, 0) is 0 Å². The Kier molecular flexibility index (Phi) is 2.63. The van der Waals surface area contributed by atoms with Crippen molar-refractivity contribution in [3.8, 4) is 0 Å². The first-order valence-electron chi connectivity index (χ1n) is 3.76. The summed E-state index contributed by atoms with van der Waals surface area (Å²) in [5.41, 5.74) is 6.17. The summed E-state index contributed by atoms with van der Waals surface area (Å²) in [6.07, 6.45) is 0. The van der Waals surface area contributed by atoms with E-state index in [1.54, 1.807) is 4.12 Å². The van der Waals surface area contributed by atoms with Gasteiger partial charge in [-0.15, -0.1) is 0 Å². The molecular weight excluding hydrogens is 178 g/mol. The fraction of sp³-hybridized carbons (Fsp3) is 0.333. The molecule has 0 atom stereocenters. The van der Waals surface area contributed by atoms with E-state index in [0.29, 0.717) is 0 Å². The minimum absolute atomic E-state index is 0.970. The van der Waals surface area contributed by atoms with Gasteiger partial charge < -0.3 is 0 Å². The van der Waals surface area contributed by atoms with Crippen molar-refractivity contribution in [2.75, 3.05) is 0 Å². The molecule has 0 aliphatic rings. The zero-order valence-electron chi connectivity index (χ0n) is 6.89. The Morgan fingerprint density at radius 1 is 1.00 bits per heavy atom. The first-order valence-corrected chi connectivity index (χ1v) is 9.82. The topological polar surface area (TPSA) is 0 Å². The van der Waals surface area contributed by atoms with Gasteiger partial charge in [0.05, 0.1) is 0 Å². The van der Waals surface area contributed by atoms with E-state index in [0.717, 1.165) is 0 Å². The maximum atomic E-state index is 2.40. The number of benzene rings is 1. The summed E-state index contributed by atoms with van der Waals surface area (Å²) in [7, 11) is 0. The van der Waals surface area contributed by atoms with Gasteiger partial charge in [-0.3, -0.25) is 0 Å². The van der Waals surface area contributed by atoms with E-state index in [1.165, 1.54) is 5.56 Å². The van der Waals surface area contributed by atoms with E-state index >= 15 is 0 Å². The molecular formula is C9H13Ga. The second-order valence-corrected chi connectivity index (χ2v) is 9.31. The number of hydrogen-bond acceptors (Lipinski definition) is 0. The van der Waals surface area contributed by atoms with E-state index < -0.39 is 16.2 Å². The molecule has 0 amide bonds. The molecule has 0 saturated carbocycles. The Bertz CT molecular complexity index is 198. The van der Waals surface area contributed by atoms with Crippen molar-refractivity contribution in [3.05, 3.63) is 29.8 Å². The van der Waals surface area contributed by atoms with Crippen molar-refractivity contribution in [1.29, 1.82) is 0 Å². The van der Waals surface area contributed by atoms with Crippen LogP contribution in [-0.4, -0.2) is 16.2 Å². The van der Waals surface area contributed by atoms with Gasteiger partial charge >= 0.3 is 68.0 Å². The van der Waals surface area contributed by atoms with Crippen LogP contribution in [0.1, 0.15) is 5.56 Å². The van der Waals surface area contributed by atoms with E-state index in [4.69, 9.17) is 0 Å². The average molecular weight is 191 g/mol. The molecule has 0 aliphatic carbocycles. The van der Waals surface area contributed by atoms with Crippen LogP contribution in [0.5, 0.6) is 0 Å². The molecule has 0 unspecified atom stereocenters. The molecule has 52 valence electrons. The van der Waals surface area contributed by atoms with Crippen LogP contribution < -0.4 is 4.12 Å². The van der Waals surface area contributed by atoms with Gasteiger partial charge in [-0.25, -0.2) is 0 Å². The third-order valence-corrected chi connectivity index (χ3v) is 5.35. The van der Waals surface area contributed by atoms with E-state index in [1.807, 2.05) is 0 Å². The summed E-state index contributed by atoms with van der Waals surface area (Å²) in [6.45, 7) is 2.14. The molecule has 0 heterocycles. The Hall–Kier alpha value is -0.144. The number of hydrogen-bond donors (Lipinski definition) is 0. The maximum absolute atomic E-state index is 2.40. The van der Waals surface area contributed by atoms with Crippen molar-refractivity contribution in [2.24, 2.45) is 0 Å². The van der Waals surface area contributed by atoms with E-state index in [9.17, 15) is 0 Å². The first-order chi connectivity index (χ1) is 4.70. The van der Waals surface area contributed by atoms with Crippen molar-refractivity contribution >= 4 is 20.3 Å². The fourth-order valence-electron chi connectivity index (χ4n) is 0.951. The molecule has 0 bridgehead atoms. The van der Waals surface area contributed by atoms with Crippen LogP contribution in [0.15, 0.2) is 24.3 Å². The molecule has 1 rings (SSSR count). The zero-order chi connectivity index (χ0) is 7.56. The molecule has 0 aliphatic heterocycles. The molecule has 10 heavy (non-hydrogen) atoms. The zero-order valence-corrected chi connectivity index (χ0v) is 9.31. The second-order valence-electron chi connectivity index (χ2n) is 3.07. The molecule has 1 aromatic rings. The minimum atomic E-state index is -0.970. The van der Waals surface area contributed by atoms with Crippen molar-refractivity contribution in [2.45, 2.75) is 17.9 Å². The SMILES string of the molecule is Cc1cc[c]([Ga]([CH3])[CH3])cc1. The molecule has 1 heteroatoms. The first kappa shape index (κ1) is 7.96. The van der Waals surface area contributed by atoms with Crippen LogP contribution in [0.25, 0.3) is 0 Å². The van der Waals surface area contributed by atoms with Crippen LogP contribution in [0.3, 0.4) is 0 Å². The molecule has 0 nitrogen and oxygen atoms in total. The number of aryl methyl sites for hydroxylation is 1. The fourth-order valence-corrected chi connectivity index (χ4v) is 2.97. The van der Waals surface area contributed by atoms with Crippen molar-refractivity contribution in [1.82, 2.24) is 0 Å². The molecule has 0 N–H and O–H groups in total. The van der Waals surface area contributed by atoms with Gasteiger partial charge in [0.1, 0.15) is 0 Å². The Labute approximate surface area is 68.3 Å². The summed E-state index contributed by atoms with van der Waals surface area (Å²) < 4.78 is 1.61. The monoisotopic (exact) mass is 190 g/mol. The summed E-state index contributed by atoms with van der Waals surface area (Å²) in [5.74, 6) is 0. The molecule has 0 spiro atoms. The van der Waals surface area contributed by atoms with E-state index in [2.05, 4.69) is 42.1 Å². The Morgan fingerprint density at radius 2 is 1.50 bits per heavy atom. The normalized spacial score (nSPS) is 9.50. The molecule has 0 fully saturated rings. The quantitative estimate of drug-likeness (QED) is 0.595. The molecule has 0 radical (unpaired) electrons. The van der Waals surface area contributed by atoms with Gasteiger partial charge in [0.15, 0.2) is 0 Å². The molecule has 1 aromatic carbocycles. The van der Waals surface area contributed by atoms with Crippen LogP contribution in [0, 0.1) is 6.92 Å². The van der Waals surface area contributed by atoms with Crippen LogP contribution in [0.2, 0.25) is 11.0 Å². The number of rotatable bonds is 1. The third-order valence-electron chi connectivity index (χ3n) is 1.74. The summed E-state index contributed by atoms with van der Waals surface area (Å²) >= 11 is -0.970. The van der Waals surface area contributed by atoms with Crippen LogP contribution in [0.4, 0.5) is 0 Å². The van der Waals surface area contributed by atoms with Gasteiger partial charge in [0, 0.05) is 0 Å². The van der Waals surface area contributed by atoms with Crippen LogP contribution in [-0.2, 0) is 0 Å². The molecule has 0 saturated heterocycles. The van der Waals surface area contributed by atoms with Gasteiger partial charge in [-0.1, -0.05) is 0 Å². The summed E-state index contributed by atoms with van der Waals surface area (Å²) in [4.78, 5) is 0. The standard InChI is InChI=1S/C7H7.2CH3.Ga/c1-7-5-3-2-4-6-7;;;/h3-6H,1H3;2*1H3;. The average Bonchev–Trinajstić information content (AvgIpc) is 1.88. The second kappa shape index (κ2) is 3.31. The van der Waals surface area contributed by atoms with Gasteiger partial charge in [0.25, 0.3) is 0 Å².